The third-order valence-corrected chi connectivity index (χ3v) is 17.3. The van der Waals surface area contributed by atoms with Crippen molar-refractivity contribution in [2.45, 2.75) is 190 Å². The normalized spacial score (nSPS) is 20.3. The van der Waals surface area contributed by atoms with Gasteiger partial charge in [0.25, 0.3) is 0 Å². The second kappa shape index (κ2) is 33.7. The van der Waals surface area contributed by atoms with Crippen LogP contribution in [0, 0.1) is 29.6 Å². The van der Waals surface area contributed by atoms with Gasteiger partial charge in [-0.05, 0) is 64.5 Å². The summed E-state index contributed by atoms with van der Waals surface area (Å²) in [6.07, 6.45) is 6.04. The number of esters is 2. The summed E-state index contributed by atoms with van der Waals surface area (Å²) in [5.74, 6) is -1.62. The summed E-state index contributed by atoms with van der Waals surface area (Å²) in [6, 6.07) is 7.87. The molecule has 0 bridgehead atoms. The fourth-order valence-electron chi connectivity index (χ4n) is 8.56. The van der Waals surface area contributed by atoms with Gasteiger partial charge in [-0.3, -0.25) is 9.59 Å². The Balaban J connectivity index is 0.000000560. The van der Waals surface area contributed by atoms with E-state index in [2.05, 4.69) is 89.8 Å². The molecule has 2 heterocycles. The van der Waals surface area contributed by atoms with Gasteiger partial charge in [0.2, 0.25) is 11.8 Å². The van der Waals surface area contributed by atoms with E-state index < -0.39 is 64.1 Å². The minimum Gasteiger partial charge on any atom is -0.497 e. The lowest BCUT2D eigenvalue weighted by Crippen LogP contribution is -2.32. The van der Waals surface area contributed by atoms with Gasteiger partial charge in [0, 0.05) is 66.5 Å². The highest BCUT2D eigenvalue weighted by molar-refractivity contribution is 6.76. The van der Waals surface area contributed by atoms with E-state index in [0.29, 0.717) is 23.3 Å². The Labute approximate surface area is 498 Å². The number of aliphatic hydroxyl groups is 1. The molecule has 472 valence electrons. The number of methoxy groups -OCH3 is 4. The van der Waals surface area contributed by atoms with E-state index >= 15 is 0 Å². The molecule has 9 atom stereocenters. The molecule has 2 aliphatic rings. The lowest BCUT2D eigenvalue weighted by Gasteiger charge is -2.22. The number of hydrogen-bond acceptors (Lipinski definition) is 17. The molecule has 0 radical (unpaired) electrons. The van der Waals surface area contributed by atoms with Crippen molar-refractivity contribution in [3.63, 3.8) is 0 Å². The van der Waals surface area contributed by atoms with Gasteiger partial charge in [0.05, 0.1) is 82.2 Å². The number of rotatable bonds is 30. The van der Waals surface area contributed by atoms with Crippen LogP contribution < -0.4 is 29.6 Å². The molecule has 19 nitrogen and oxygen atoms in total. The van der Waals surface area contributed by atoms with E-state index in [4.69, 9.17) is 56.8 Å². The molecule has 2 fully saturated rings. The Hall–Kier alpha value is -4.85. The number of carbonyl (C=O) groups excluding carboxylic acids is 4. The SMILES string of the molecule is C.COCOc1cc(OC)cc(NC(=O)C[C@@H]2OC(C)(C)O[C@@H]2C(C)/C=C\[C@@H](C)C(C)C)c1C(=O)OCC[Si](C)(C)C.COCOc1cc(OC)cc(NC(=O)C[C@@H]2OC(C)(C)O[C@@H]2C(C)/C=C\[C@@H](C)[C@@H](C)O)c1C(=O)OCC[Si](C)(C)C. The maximum atomic E-state index is 13.4. The molecule has 2 amide bonds. The van der Waals surface area contributed by atoms with Crippen LogP contribution in [0.5, 0.6) is 23.0 Å². The Morgan fingerprint density at radius 2 is 0.940 bits per heavy atom. The van der Waals surface area contributed by atoms with Crippen molar-refractivity contribution in [2.75, 3.05) is 65.9 Å². The van der Waals surface area contributed by atoms with Crippen molar-refractivity contribution in [2.24, 2.45) is 29.6 Å². The molecule has 83 heavy (non-hydrogen) atoms. The molecule has 4 rings (SSSR count). The Morgan fingerprint density at radius 1 is 0.578 bits per heavy atom. The van der Waals surface area contributed by atoms with Crippen LogP contribution in [0.4, 0.5) is 11.4 Å². The number of amides is 2. The Morgan fingerprint density at radius 3 is 1.25 bits per heavy atom. The number of aliphatic hydroxyl groups excluding tert-OH is 1. The van der Waals surface area contributed by atoms with Crippen LogP contribution in [0.3, 0.4) is 0 Å². The maximum Gasteiger partial charge on any atom is 0.344 e. The standard InChI is InChI=1S/C31H51NO8Si.C30H49NO9Si.CH4/c1-20(2)21(3)12-13-22(4)29-26(39-31(5,6)40-29)18-27(33)32-24-16-23(36-8)17-25(38-19-35-7)28(24)30(34)37-14-15-41(9,10)11;1-19(21(3)32)11-12-20(2)28-25(39-30(4,5)40-28)17-26(33)31-23-15-22(36-7)16-24(38-18-35-6)27(23)29(34)37-13-14-41(8,9)10;/h12-13,16-17,20-22,26,29H,14-15,18-19H2,1-11H3,(H,32,33);11-12,15-16,19-21,25,28,32H,13-14,17-18H2,1-10H3,(H,31,33);1H4/b13-12-;12-11-;/t21-,22?,26+,29-;19-,20?,21-,25+,28-;/m11./s1. The first kappa shape index (κ1) is 74.3. The van der Waals surface area contributed by atoms with Crippen molar-refractivity contribution in [1.29, 1.82) is 0 Å². The topological polar surface area (TPSA) is 223 Å². The molecule has 0 aromatic heterocycles. The number of allylic oxidation sites excluding steroid dienone is 1. The van der Waals surface area contributed by atoms with Crippen molar-refractivity contribution < 1.29 is 81.1 Å². The minimum absolute atomic E-state index is 0. The minimum atomic E-state index is -1.44. The van der Waals surface area contributed by atoms with Crippen LogP contribution in [-0.2, 0) is 47.5 Å². The lowest BCUT2D eigenvalue weighted by atomic mass is 9.92. The Bertz CT molecular complexity index is 2270. The van der Waals surface area contributed by atoms with Gasteiger partial charge < -0.3 is 72.6 Å². The fraction of sp³-hybridized carbons (Fsp3) is 0.677. The molecular weight excluding hydrogens is 1100 g/mol. The van der Waals surface area contributed by atoms with Crippen LogP contribution in [0.1, 0.15) is 117 Å². The highest BCUT2D eigenvalue weighted by atomic mass is 28.3. The number of hydrogen-bond donors (Lipinski definition) is 3. The second-order valence-electron chi connectivity index (χ2n) is 25.1. The number of benzene rings is 2. The number of ether oxygens (including phenoxy) is 12. The number of nitrogens with one attached hydrogen (secondary N) is 2. The fourth-order valence-corrected chi connectivity index (χ4v) is 9.98. The highest BCUT2D eigenvalue weighted by Crippen LogP contribution is 2.39. The predicted molar refractivity (Wildman–Crippen MR) is 330 cm³/mol. The lowest BCUT2D eigenvalue weighted by molar-refractivity contribution is -0.150. The first-order valence-corrected chi connectivity index (χ1v) is 35.9. The average molecular weight is 1210 g/mol. The molecule has 2 aromatic carbocycles. The van der Waals surface area contributed by atoms with Crippen molar-refractivity contribution >= 4 is 51.3 Å². The molecular formula is C62H104N2O17Si2. The molecule has 2 aliphatic heterocycles. The zero-order valence-electron chi connectivity index (χ0n) is 53.0. The molecule has 0 saturated carbocycles. The summed E-state index contributed by atoms with van der Waals surface area (Å²) in [5, 5.41) is 15.6. The van der Waals surface area contributed by atoms with E-state index in [-0.39, 0.29) is 117 Å². The molecule has 3 N–H and O–H groups in total. The first-order valence-electron chi connectivity index (χ1n) is 28.5. The predicted octanol–water partition coefficient (Wildman–Crippen LogP) is 12.4. The highest BCUT2D eigenvalue weighted by Gasteiger charge is 2.45. The van der Waals surface area contributed by atoms with E-state index in [1.54, 1.807) is 31.2 Å². The maximum absolute atomic E-state index is 13.4. The van der Waals surface area contributed by atoms with Gasteiger partial charge in [-0.15, -0.1) is 0 Å². The summed E-state index contributed by atoms with van der Waals surface area (Å²) < 4.78 is 68.2. The van der Waals surface area contributed by atoms with E-state index in [0.717, 1.165) is 12.1 Å². The summed E-state index contributed by atoms with van der Waals surface area (Å²) in [5.41, 5.74) is 0.612. The van der Waals surface area contributed by atoms with Gasteiger partial charge in [0.1, 0.15) is 34.1 Å². The van der Waals surface area contributed by atoms with Crippen LogP contribution >= 0.6 is 0 Å². The molecule has 2 aromatic rings. The number of carbonyl (C=O) groups is 4. The smallest absolute Gasteiger partial charge is 0.344 e. The second-order valence-corrected chi connectivity index (χ2v) is 36.3. The van der Waals surface area contributed by atoms with E-state index in [1.165, 1.54) is 28.4 Å². The average Bonchev–Trinajstić information content (AvgIpc) is 3.53. The zero-order valence-corrected chi connectivity index (χ0v) is 55.0. The third-order valence-electron chi connectivity index (χ3n) is 13.9. The van der Waals surface area contributed by atoms with Crippen molar-refractivity contribution in [3.8, 4) is 23.0 Å². The van der Waals surface area contributed by atoms with Crippen molar-refractivity contribution in [1.82, 2.24) is 0 Å². The van der Waals surface area contributed by atoms with Gasteiger partial charge in [-0.1, -0.05) is 113 Å². The van der Waals surface area contributed by atoms with Crippen LogP contribution in [0.15, 0.2) is 48.6 Å². The first-order chi connectivity index (χ1) is 38.1. The largest absolute Gasteiger partial charge is 0.497 e. The molecule has 0 spiro atoms. The summed E-state index contributed by atoms with van der Waals surface area (Å²) in [6.45, 7) is 35.1. The van der Waals surface area contributed by atoms with Gasteiger partial charge in [0.15, 0.2) is 25.2 Å². The summed E-state index contributed by atoms with van der Waals surface area (Å²) in [7, 11) is 3.06. The monoisotopic (exact) mass is 1200 g/mol. The van der Waals surface area contributed by atoms with Crippen molar-refractivity contribution in [3.05, 3.63) is 59.7 Å². The van der Waals surface area contributed by atoms with Gasteiger partial charge in [-0.2, -0.15) is 0 Å². The number of anilines is 2. The van der Waals surface area contributed by atoms with Crippen LogP contribution in [0.2, 0.25) is 51.4 Å². The van der Waals surface area contributed by atoms with Gasteiger partial charge >= 0.3 is 11.9 Å². The molecule has 21 heteroatoms. The summed E-state index contributed by atoms with van der Waals surface area (Å²) >= 11 is 0. The van der Waals surface area contributed by atoms with Crippen LogP contribution in [-0.4, -0.2) is 142 Å². The van der Waals surface area contributed by atoms with E-state index in [9.17, 15) is 24.3 Å². The van der Waals surface area contributed by atoms with Gasteiger partial charge in [-0.25, -0.2) is 9.59 Å². The Kier molecular flexibility index (Phi) is 30.2. The third kappa shape index (κ3) is 25.3. The van der Waals surface area contributed by atoms with E-state index in [1.807, 2.05) is 53.7 Å². The molecule has 2 saturated heterocycles. The molecule has 2 unspecified atom stereocenters. The zero-order chi connectivity index (χ0) is 61.9. The molecule has 0 aliphatic carbocycles. The quantitative estimate of drug-likeness (QED) is 0.0286. The summed E-state index contributed by atoms with van der Waals surface area (Å²) in [4.78, 5) is 53.4. The van der Waals surface area contributed by atoms with Crippen LogP contribution in [0.25, 0.3) is 0 Å².